The Balaban J connectivity index is 2.08. The zero-order chi connectivity index (χ0) is 12.1. The van der Waals surface area contributed by atoms with E-state index in [2.05, 4.69) is 41.2 Å². The van der Waals surface area contributed by atoms with E-state index in [0.717, 1.165) is 31.1 Å². The first-order valence-electron chi connectivity index (χ1n) is 6.36. The molecule has 4 heteroatoms. The van der Waals surface area contributed by atoms with E-state index in [4.69, 9.17) is 0 Å². The number of hydrogen-bond acceptors (Lipinski definition) is 4. The molecule has 3 nitrogen and oxygen atoms in total. The number of thioether (sulfide) groups is 1. The lowest BCUT2D eigenvalue weighted by Gasteiger charge is -2.34. The molecule has 2 rings (SSSR count). The first-order chi connectivity index (χ1) is 8.31. The topological polar surface area (TPSA) is 28.2 Å². The van der Waals surface area contributed by atoms with Gasteiger partial charge in [0.1, 0.15) is 11.6 Å². The summed E-state index contributed by atoms with van der Waals surface area (Å²) in [5.74, 6) is 4.51. The van der Waals surface area contributed by atoms with E-state index in [1.54, 1.807) is 0 Å². The molecule has 1 fully saturated rings. The van der Waals surface area contributed by atoms with E-state index >= 15 is 0 Å². The molecule has 1 atom stereocenters. The highest BCUT2D eigenvalue weighted by Gasteiger charge is 2.19. The van der Waals surface area contributed by atoms with E-state index in [9.17, 15) is 0 Å². The lowest BCUT2D eigenvalue weighted by molar-refractivity contribution is 0.690. The van der Waals surface area contributed by atoms with Crippen LogP contribution in [0.3, 0.4) is 0 Å². The van der Waals surface area contributed by atoms with Crippen LogP contribution in [0, 0.1) is 0 Å². The molecule has 1 aliphatic heterocycles. The van der Waals surface area contributed by atoms with Crippen molar-refractivity contribution in [3.63, 3.8) is 0 Å². The van der Waals surface area contributed by atoms with Crippen molar-refractivity contribution < 1.29 is 0 Å². The Kier molecular flexibility index (Phi) is 4.54. The number of anilines is 2. The Hall–Kier alpha value is -0.900. The van der Waals surface area contributed by atoms with Crippen LogP contribution >= 0.6 is 11.8 Å². The summed E-state index contributed by atoms with van der Waals surface area (Å²) in [4.78, 5) is 7.10. The number of pyridine rings is 1. The fraction of sp³-hybridized carbons (Fsp3) is 0.615. The third-order valence-electron chi connectivity index (χ3n) is 2.95. The largest absolute Gasteiger partial charge is 0.370 e. The molecule has 2 heterocycles. The fourth-order valence-corrected chi connectivity index (χ4v) is 3.02. The third kappa shape index (κ3) is 3.28. The van der Waals surface area contributed by atoms with Crippen LogP contribution in [0.4, 0.5) is 11.6 Å². The molecule has 17 heavy (non-hydrogen) atoms. The van der Waals surface area contributed by atoms with Gasteiger partial charge in [0.05, 0.1) is 0 Å². The van der Waals surface area contributed by atoms with Gasteiger partial charge in [-0.3, -0.25) is 0 Å². The molecule has 1 saturated heterocycles. The van der Waals surface area contributed by atoms with Crippen molar-refractivity contribution >= 4 is 23.4 Å². The summed E-state index contributed by atoms with van der Waals surface area (Å²) < 4.78 is 0. The van der Waals surface area contributed by atoms with Crippen LogP contribution < -0.4 is 10.2 Å². The standard InChI is InChI=1S/C13H21N3S/c1-3-7-14-12-5-4-6-13(15-12)16-8-9-17-10-11(16)2/h4-6,11H,3,7-10H2,1-2H3,(H,14,15). The van der Waals surface area contributed by atoms with Crippen molar-refractivity contribution in [1.29, 1.82) is 0 Å². The molecular weight excluding hydrogens is 230 g/mol. The average Bonchev–Trinajstić information content (AvgIpc) is 2.37. The molecule has 1 N–H and O–H groups in total. The lowest BCUT2D eigenvalue weighted by Crippen LogP contribution is -2.40. The Morgan fingerprint density at radius 2 is 2.41 bits per heavy atom. The molecule has 0 spiro atoms. The van der Waals surface area contributed by atoms with Crippen LogP contribution in [0.2, 0.25) is 0 Å². The normalized spacial score (nSPS) is 20.4. The van der Waals surface area contributed by atoms with Gasteiger partial charge in [0.25, 0.3) is 0 Å². The maximum atomic E-state index is 4.69. The summed E-state index contributed by atoms with van der Waals surface area (Å²) in [5.41, 5.74) is 0. The first-order valence-corrected chi connectivity index (χ1v) is 7.52. The zero-order valence-corrected chi connectivity index (χ0v) is 11.5. The van der Waals surface area contributed by atoms with Gasteiger partial charge in [-0.2, -0.15) is 11.8 Å². The van der Waals surface area contributed by atoms with Gasteiger partial charge in [0, 0.05) is 30.6 Å². The number of hydrogen-bond donors (Lipinski definition) is 1. The molecular formula is C13H21N3S. The number of aromatic nitrogens is 1. The van der Waals surface area contributed by atoms with Gasteiger partial charge >= 0.3 is 0 Å². The van der Waals surface area contributed by atoms with Gasteiger partial charge in [-0.05, 0) is 25.5 Å². The number of nitrogens with zero attached hydrogens (tertiary/aromatic N) is 2. The van der Waals surface area contributed by atoms with Crippen molar-refractivity contribution in [2.75, 3.05) is 34.8 Å². The maximum Gasteiger partial charge on any atom is 0.131 e. The van der Waals surface area contributed by atoms with Crippen molar-refractivity contribution in [3.05, 3.63) is 18.2 Å². The Morgan fingerprint density at radius 1 is 1.53 bits per heavy atom. The van der Waals surface area contributed by atoms with Crippen LogP contribution in [-0.4, -0.2) is 35.6 Å². The fourth-order valence-electron chi connectivity index (χ4n) is 2.00. The maximum absolute atomic E-state index is 4.69. The summed E-state index contributed by atoms with van der Waals surface area (Å²) >= 11 is 2.03. The van der Waals surface area contributed by atoms with Crippen LogP contribution in [-0.2, 0) is 0 Å². The van der Waals surface area contributed by atoms with Gasteiger partial charge < -0.3 is 10.2 Å². The summed E-state index contributed by atoms with van der Waals surface area (Å²) in [7, 11) is 0. The molecule has 0 aromatic carbocycles. The summed E-state index contributed by atoms with van der Waals surface area (Å²) in [6, 6.07) is 6.84. The average molecular weight is 251 g/mol. The van der Waals surface area contributed by atoms with Crippen molar-refractivity contribution in [3.8, 4) is 0 Å². The minimum Gasteiger partial charge on any atom is -0.370 e. The second kappa shape index (κ2) is 6.15. The van der Waals surface area contributed by atoms with Crippen molar-refractivity contribution in [1.82, 2.24) is 4.98 Å². The molecule has 94 valence electrons. The highest BCUT2D eigenvalue weighted by molar-refractivity contribution is 7.99. The van der Waals surface area contributed by atoms with Crippen molar-refractivity contribution in [2.45, 2.75) is 26.3 Å². The summed E-state index contributed by atoms with van der Waals surface area (Å²) in [6.45, 7) is 6.54. The highest BCUT2D eigenvalue weighted by Crippen LogP contribution is 2.23. The van der Waals surface area contributed by atoms with Crippen LogP contribution in [0.1, 0.15) is 20.3 Å². The van der Waals surface area contributed by atoms with Crippen LogP contribution in [0.5, 0.6) is 0 Å². The quantitative estimate of drug-likeness (QED) is 0.890. The van der Waals surface area contributed by atoms with E-state index < -0.39 is 0 Å². The molecule has 1 aromatic rings. The Labute approximate surface area is 108 Å². The molecule has 0 amide bonds. The van der Waals surface area contributed by atoms with Gasteiger partial charge in [-0.15, -0.1) is 0 Å². The molecule has 0 radical (unpaired) electrons. The Bertz CT molecular complexity index is 356. The molecule has 0 saturated carbocycles. The second-order valence-corrected chi connectivity index (χ2v) is 5.57. The Morgan fingerprint density at radius 3 is 3.18 bits per heavy atom. The van der Waals surface area contributed by atoms with Crippen LogP contribution in [0.25, 0.3) is 0 Å². The van der Waals surface area contributed by atoms with E-state index in [0.29, 0.717) is 6.04 Å². The smallest absolute Gasteiger partial charge is 0.131 e. The highest BCUT2D eigenvalue weighted by atomic mass is 32.2. The van der Waals surface area contributed by atoms with E-state index in [1.807, 2.05) is 17.8 Å². The van der Waals surface area contributed by atoms with Gasteiger partial charge in [0.2, 0.25) is 0 Å². The minimum absolute atomic E-state index is 0.586. The lowest BCUT2D eigenvalue weighted by atomic mass is 10.3. The van der Waals surface area contributed by atoms with Gasteiger partial charge in [0.15, 0.2) is 0 Å². The summed E-state index contributed by atoms with van der Waals surface area (Å²) in [5, 5.41) is 3.35. The van der Waals surface area contributed by atoms with Gasteiger partial charge in [-0.25, -0.2) is 4.98 Å². The third-order valence-corrected chi connectivity index (χ3v) is 4.14. The number of rotatable bonds is 4. The number of nitrogens with one attached hydrogen (secondary N) is 1. The van der Waals surface area contributed by atoms with E-state index in [1.165, 1.54) is 11.5 Å². The molecule has 1 unspecified atom stereocenters. The van der Waals surface area contributed by atoms with E-state index in [-0.39, 0.29) is 0 Å². The molecule has 1 aromatic heterocycles. The van der Waals surface area contributed by atoms with Crippen LogP contribution in [0.15, 0.2) is 18.2 Å². The second-order valence-electron chi connectivity index (χ2n) is 4.43. The minimum atomic E-state index is 0.586. The van der Waals surface area contributed by atoms with Crippen molar-refractivity contribution in [2.24, 2.45) is 0 Å². The SMILES string of the molecule is CCCNc1cccc(N2CCSCC2C)n1. The monoisotopic (exact) mass is 251 g/mol. The summed E-state index contributed by atoms with van der Waals surface area (Å²) in [6.07, 6.45) is 1.13. The molecule has 1 aliphatic rings. The predicted octanol–water partition coefficient (Wildman–Crippen LogP) is 2.85. The predicted molar refractivity (Wildman–Crippen MR) is 77.2 cm³/mol. The van der Waals surface area contributed by atoms with Gasteiger partial charge in [-0.1, -0.05) is 13.0 Å². The molecule has 0 aliphatic carbocycles. The zero-order valence-electron chi connectivity index (χ0n) is 10.6. The first kappa shape index (κ1) is 12.6. The molecule has 0 bridgehead atoms.